The Morgan fingerprint density at radius 1 is 0.844 bits per heavy atom. The average Bonchev–Trinajstić information content (AvgIpc) is 2.79. The minimum Gasteiger partial charge on any atom is -0.497 e. The molecule has 3 aromatic carbocycles. The van der Waals surface area contributed by atoms with Gasteiger partial charge in [-0.25, -0.2) is 9.59 Å². The second kappa shape index (κ2) is 10.1. The Hall–Kier alpha value is -4.40. The first kappa shape index (κ1) is 22.3. The first-order chi connectivity index (χ1) is 15.4. The summed E-state index contributed by atoms with van der Waals surface area (Å²) in [5.41, 5.74) is 0.308. The minimum absolute atomic E-state index is 0.106. The lowest BCUT2D eigenvalue weighted by atomic mass is 10.2. The average molecular weight is 437 g/mol. The first-order valence-electron chi connectivity index (χ1n) is 9.51. The molecule has 0 amide bonds. The predicted octanol–water partition coefficient (Wildman–Crippen LogP) is 4.44. The number of nitro groups is 1. The van der Waals surface area contributed by atoms with Gasteiger partial charge in [0.05, 0.1) is 24.2 Å². The molecule has 3 rings (SSSR count). The molecule has 0 aliphatic rings. The fraction of sp³-hybridized carbons (Fsp3) is 0.130. The van der Waals surface area contributed by atoms with Gasteiger partial charge in [-0.15, -0.1) is 0 Å². The zero-order chi connectivity index (χ0) is 23.1. The van der Waals surface area contributed by atoms with E-state index in [9.17, 15) is 19.7 Å². The zero-order valence-corrected chi connectivity index (χ0v) is 17.3. The van der Waals surface area contributed by atoms with Gasteiger partial charge in [0, 0.05) is 18.2 Å². The van der Waals surface area contributed by atoms with Gasteiger partial charge in [-0.2, -0.15) is 0 Å². The molecule has 0 atom stereocenters. The molecule has 0 aliphatic carbocycles. The van der Waals surface area contributed by atoms with Crippen LogP contribution in [0.3, 0.4) is 0 Å². The number of ether oxygens (including phenoxy) is 4. The number of nitrogens with zero attached hydrogens (tertiary/aromatic N) is 1. The van der Waals surface area contributed by atoms with Crippen molar-refractivity contribution >= 4 is 17.6 Å². The molecule has 0 heterocycles. The molecule has 0 bridgehead atoms. The zero-order valence-electron chi connectivity index (χ0n) is 17.3. The van der Waals surface area contributed by atoms with Crippen molar-refractivity contribution in [1.82, 2.24) is 0 Å². The summed E-state index contributed by atoms with van der Waals surface area (Å²) in [6.45, 7) is 2.00. The molecule has 0 aliphatic heterocycles. The Bertz CT molecular complexity index is 1120. The smallest absolute Gasteiger partial charge is 0.347 e. The van der Waals surface area contributed by atoms with Gasteiger partial charge in [0.2, 0.25) is 0 Å². The third-order valence-electron chi connectivity index (χ3n) is 4.27. The van der Waals surface area contributed by atoms with Crippen LogP contribution >= 0.6 is 0 Å². The van der Waals surface area contributed by atoms with Crippen LogP contribution in [0, 0.1) is 10.1 Å². The second-order valence-electron chi connectivity index (χ2n) is 6.35. The van der Waals surface area contributed by atoms with Crippen LogP contribution in [0.4, 0.5) is 5.69 Å². The van der Waals surface area contributed by atoms with E-state index < -0.39 is 16.9 Å². The van der Waals surface area contributed by atoms with Gasteiger partial charge >= 0.3 is 11.9 Å². The van der Waals surface area contributed by atoms with Crippen LogP contribution in [0.15, 0.2) is 66.7 Å². The maximum atomic E-state index is 12.6. The van der Waals surface area contributed by atoms with Crippen LogP contribution in [0.2, 0.25) is 0 Å². The molecule has 0 aromatic heterocycles. The van der Waals surface area contributed by atoms with Gasteiger partial charge in [-0.3, -0.25) is 10.1 Å². The summed E-state index contributed by atoms with van der Waals surface area (Å²) in [4.78, 5) is 35.2. The van der Waals surface area contributed by atoms with Gasteiger partial charge in [-0.1, -0.05) is 0 Å². The molecule has 0 radical (unpaired) electrons. The molecule has 0 spiro atoms. The van der Waals surface area contributed by atoms with Crippen LogP contribution in [0.1, 0.15) is 27.6 Å². The van der Waals surface area contributed by atoms with E-state index in [0.29, 0.717) is 11.3 Å². The van der Waals surface area contributed by atoms with Crippen LogP contribution < -0.4 is 18.9 Å². The van der Waals surface area contributed by atoms with E-state index >= 15 is 0 Å². The summed E-state index contributed by atoms with van der Waals surface area (Å²) in [6.07, 6.45) is 0. The van der Waals surface area contributed by atoms with Crippen molar-refractivity contribution in [3.05, 3.63) is 88.0 Å². The highest BCUT2D eigenvalue weighted by Gasteiger charge is 2.18. The number of esters is 2. The van der Waals surface area contributed by atoms with Crippen LogP contribution in [-0.4, -0.2) is 30.6 Å². The number of carbonyl (C=O) groups is 2. The normalized spacial score (nSPS) is 10.2. The fourth-order valence-corrected chi connectivity index (χ4v) is 2.70. The van der Waals surface area contributed by atoms with Crippen molar-refractivity contribution in [3.8, 4) is 23.0 Å². The van der Waals surface area contributed by atoms with E-state index in [1.807, 2.05) is 0 Å². The van der Waals surface area contributed by atoms with Gasteiger partial charge in [0.25, 0.3) is 5.69 Å². The fourth-order valence-electron chi connectivity index (χ4n) is 2.70. The van der Waals surface area contributed by atoms with Crippen LogP contribution in [-0.2, 0) is 0 Å². The van der Waals surface area contributed by atoms with Crippen LogP contribution in [0.25, 0.3) is 0 Å². The highest BCUT2D eigenvalue weighted by molar-refractivity contribution is 5.95. The molecule has 3 aromatic rings. The molecule has 0 N–H and O–H groups in total. The second-order valence-corrected chi connectivity index (χ2v) is 6.35. The largest absolute Gasteiger partial charge is 0.497 e. The van der Waals surface area contributed by atoms with Gasteiger partial charge in [-0.05, 0) is 55.5 Å². The molecule has 32 heavy (non-hydrogen) atoms. The van der Waals surface area contributed by atoms with Crippen molar-refractivity contribution < 1.29 is 33.5 Å². The molecule has 0 unspecified atom stereocenters. The summed E-state index contributed by atoms with van der Waals surface area (Å²) in [6, 6.07) is 15.8. The van der Waals surface area contributed by atoms with Crippen molar-refractivity contribution in [2.45, 2.75) is 6.92 Å². The monoisotopic (exact) mass is 437 g/mol. The number of methoxy groups -OCH3 is 1. The number of non-ortho nitro benzene ring substituents is 1. The standard InChI is InChI=1S/C23H19NO8/c1-3-30-21-14-19(32-22(25)15-4-8-17(29-2)9-5-15)12-13-20(21)23(26)31-18-10-6-16(7-11-18)24(27)28/h4-14H,3H2,1-2H3. The number of rotatable bonds is 8. The van der Waals surface area contributed by atoms with Crippen molar-refractivity contribution in [3.63, 3.8) is 0 Å². The molecule has 0 saturated carbocycles. The summed E-state index contributed by atoms with van der Waals surface area (Å²) in [5, 5.41) is 10.7. The van der Waals surface area contributed by atoms with Crippen LogP contribution in [0.5, 0.6) is 23.0 Å². The molecule has 0 saturated heterocycles. The molecule has 9 heteroatoms. The highest BCUT2D eigenvalue weighted by Crippen LogP contribution is 2.28. The Morgan fingerprint density at radius 2 is 1.44 bits per heavy atom. The van der Waals surface area contributed by atoms with E-state index in [1.54, 1.807) is 31.2 Å². The molecular formula is C23H19NO8. The predicted molar refractivity (Wildman–Crippen MR) is 114 cm³/mol. The Labute approximate surface area is 183 Å². The molecule has 164 valence electrons. The quantitative estimate of drug-likeness (QED) is 0.220. The number of hydrogen-bond acceptors (Lipinski definition) is 8. The Kier molecular flexibility index (Phi) is 7.02. The van der Waals surface area contributed by atoms with Crippen molar-refractivity contribution in [2.24, 2.45) is 0 Å². The summed E-state index contributed by atoms with van der Waals surface area (Å²) in [5.74, 6) is -0.221. The van der Waals surface area contributed by atoms with E-state index in [2.05, 4.69) is 0 Å². The summed E-state index contributed by atoms with van der Waals surface area (Å²) >= 11 is 0. The lowest BCUT2D eigenvalue weighted by Gasteiger charge is -2.12. The Balaban J connectivity index is 1.76. The topological polar surface area (TPSA) is 114 Å². The number of nitro benzene ring substituents is 1. The van der Waals surface area contributed by atoms with Gasteiger partial charge in [0.1, 0.15) is 28.6 Å². The maximum Gasteiger partial charge on any atom is 0.347 e. The maximum absolute atomic E-state index is 12.6. The third kappa shape index (κ3) is 5.39. The SMILES string of the molecule is CCOc1cc(OC(=O)c2ccc(OC)cc2)ccc1C(=O)Oc1ccc([N+](=O)[O-])cc1. The lowest BCUT2D eigenvalue weighted by molar-refractivity contribution is -0.384. The Morgan fingerprint density at radius 3 is 2.03 bits per heavy atom. The third-order valence-corrected chi connectivity index (χ3v) is 4.27. The first-order valence-corrected chi connectivity index (χ1v) is 9.51. The molecule has 0 fully saturated rings. The van der Waals surface area contributed by atoms with Crippen molar-refractivity contribution in [2.75, 3.05) is 13.7 Å². The number of benzene rings is 3. The number of carbonyl (C=O) groups excluding carboxylic acids is 2. The summed E-state index contributed by atoms with van der Waals surface area (Å²) < 4.78 is 21.2. The number of hydrogen-bond donors (Lipinski definition) is 0. The molecular weight excluding hydrogens is 418 g/mol. The lowest BCUT2D eigenvalue weighted by Crippen LogP contribution is -2.12. The van der Waals surface area contributed by atoms with Crippen molar-refractivity contribution in [1.29, 1.82) is 0 Å². The molecule has 9 nitrogen and oxygen atoms in total. The van der Waals surface area contributed by atoms with Gasteiger partial charge < -0.3 is 18.9 Å². The van der Waals surface area contributed by atoms with E-state index in [4.69, 9.17) is 18.9 Å². The minimum atomic E-state index is -0.727. The van der Waals surface area contributed by atoms with E-state index in [0.717, 1.165) is 0 Å². The van der Waals surface area contributed by atoms with Gasteiger partial charge in [0.15, 0.2) is 0 Å². The highest BCUT2D eigenvalue weighted by atomic mass is 16.6. The van der Waals surface area contributed by atoms with E-state index in [1.165, 1.54) is 49.6 Å². The van der Waals surface area contributed by atoms with E-state index in [-0.39, 0.29) is 35.1 Å². The summed E-state index contributed by atoms with van der Waals surface area (Å²) in [7, 11) is 1.52.